The van der Waals surface area contributed by atoms with Gasteiger partial charge in [0.05, 0.1) is 18.2 Å². The third kappa shape index (κ3) is 2.31. The fraction of sp³-hybridized carbons (Fsp3) is 0.0476. The van der Waals surface area contributed by atoms with E-state index in [4.69, 9.17) is 4.74 Å². The smallest absolute Gasteiger partial charge is 0.337 e. The predicted molar refractivity (Wildman–Crippen MR) is 96.0 cm³/mol. The summed E-state index contributed by atoms with van der Waals surface area (Å²) in [6, 6.07) is 21.9. The lowest BCUT2D eigenvalue weighted by molar-refractivity contribution is 0.0601. The Bertz CT molecular complexity index is 1070. The molecule has 0 fully saturated rings. The molecule has 1 heterocycles. The molecule has 0 amide bonds. The first-order valence-corrected chi connectivity index (χ1v) is 7.73. The molecule has 1 aromatic heterocycles. The standard InChI is InChI=1S/C21H15NO2/c1-24-21(23)17-7-2-6-16(13-17)18-9-3-5-14-10-11-15-8-4-12-22-20(15)19(14)18/h2-13H,1H3. The van der Waals surface area contributed by atoms with Gasteiger partial charge in [-0.3, -0.25) is 4.98 Å². The van der Waals surface area contributed by atoms with Crippen molar-refractivity contribution in [1.82, 2.24) is 4.98 Å². The van der Waals surface area contributed by atoms with Crippen LogP contribution in [0, 0.1) is 0 Å². The number of hydrogen-bond donors (Lipinski definition) is 0. The van der Waals surface area contributed by atoms with Crippen molar-refractivity contribution in [2.45, 2.75) is 0 Å². The Kier molecular flexibility index (Phi) is 3.47. The number of fused-ring (bicyclic) bond motifs is 3. The summed E-state index contributed by atoms with van der Waals surface area (Å²) < 4.78 is 4.83. The molecule has 24 heavy (non-hydrogen) atoms. The van der Waals surface area contributed by atoms with Crippen LogP contribution in [0.5, 0.6) is 0 Å². The molecule has 3 aromatic carbocycles. The number of carbonyl (C=O) groups excluding carboxylic acids is 1. The second kappa shape index (κ2) is 5.78. The van der Waals surface area contributed by atoms with Gasteiger partial charge in [-0.2, -0.15) is 0 Å². The van der Waals surface area contributed by atoms with Gasteiger partial charge in [-0.15, -0.1) is 0 Å². The number of hydrogen-bond acceptors (Lipinski definition) is 3. The molecule has 0 saturated heterocycles. The maximum absolute atomic E-state index is 11.8. The maximum atomic E-state index is 11.8. The number of rotatable bonds is 2. The average Bonchev–Trinajstić information content (AvgIpc) is 2.66. The minimum Gasteiger partial charge on any atom is -0.465 e. The van der Waals surface area contributed by atoms with Crippen molar-refractivity contribution in [2.75, 3.05) is 7.11 Å². The van der Waals surface area contributed by atoms with Crippen molar-refractivity contribution in [2.24, 2.45) is 0 Å². The molecule has 0 N–H and O–H groups in total. The number of methoxy groups -OCH3 is 1. The molecule has 0 bridgehead atoms. The highest BCUT2D eigenvalue weighted by molar-refractivity contribution is 6.12. The summed E-state index contributed by atoms with van der Waals surface area (Å²) in [5.74, 6) is -0.333. The number of pyridine rings is 1. The van der Waals surface area contributed by atoms with E-state index >= 15 is 0 Å². The second-order valence-electron chi connectivity index (χ2n) is 5.62. The minimum atomic E-state index is -0.333. The molecule has 4 rings (SSSR count). The Hall–Kier alpha value is -3.20. The van der Waals surface area contributed by atoms with E-state index in [-0.39, 0.29) is 5.97 Å². The zero-order chi connectivity index (χ0) is 16.5. The SMILES string of the molecule is COC(=O)c1cccc(-c2cccc3ccc4cccnc4c23)c1. The Morgan fingerprint density at radius 3 is 2.58 bits per heavy atom. The van der Waals surface area contributed by atoms with Crippen LogP contribution in [0.15, 0.2) is 72.9 Å². The first kappa shape index (κ1) is 14.4. The van der Waals surface area contributed by atoms with Gasteiger partial charge in [-0.25, -0.2) is 4.79 Å². The number of benzene rings is 3. The number of nitrogens with zero attached hydrogens (tertiary/aromatic N) is 1. The van der Waals surface area contributed by atoms with Crippen LogP contribution in [0.2, 0.25) is 0 Å². The predicted octanol–water partition coefficient (Wildman–Crippen LogP) is 4.84. The fourth-order valence-corrected chi connectivity index (χ4v) is 3.09. The van der Waals surface area contributed by atoms with Gasteiger partial charge in [0.15, 0.2) is 0 Å². The van der Waals surface area contributed by atoms with Crippen molar-refractivity contribution in [1.29, 1.82) is 0 Å². The molecule has 0 atom stereocenters. The molecule has 0 spiro atoms. The van der Waals surface area contributed by atoms with Gasteiger partial charge in [0.1, 0.15) is 0 Å². The second-order valence-corrected chi connectivity index (χ2v) is 5.62. The summed E-state index contributed by atoms with van der Waals surface area (Å²) in [5, 5.41) is 3.32. The molecule has 0 saturated carbocycles. The van der Waals surface area contributed by atoms with Gasteiger partial charge in [-0.1, -0.05) is 48.5 Å². The van der Waals surface area contributed by atoms with Gasteiger partial charge in [-0.05, 0) is 34.7 Å². The van der Waals surface area contributed by atoms with Gasteiger partial charge in [0, 0.05) is 17.0 Å². The lowest BCUT2D eigenvalue weighted by Gasteiger charge is -2.10. The van der Waals surface area contributed by atoms with E-state index in [1.54, 1.807) is 6.07 Å². The summed E-state index contributed by atoms with van der Waals surface area (Å²) in [7, 11) is 1.39. The van der Waals surface area contributed by atoms with Crippen LogP contribution in [0.1, 0.15) is 10.4 Å². The number of ether oxygens (including phenoxy) is 1. The number of aromatic nitrogens is 1. The summed E-state index contributed by atoms with van der Waals surface area (Å²) in [6.07, 6.45) is 1.81. The van der Waals surface area contributed by atoms with E-state index in [0.29, 0.717) is 5.56 Å². The topological polar surface area (TPSA) is 39.2 Å². The van der Waals surface area contributed by atoms with Gasteiger partial charge >= 0.3 is 5.97 Å². The Morgan fingerprint density at radius 1 is 0.917 bits per heavy atom. The molecule has 0 aliphatic heterocycles. The molecule has 3 nitrogen and oxygen atoms in total. The fourth-order valence-electron chi connectivity index (χ4n) is 3.09. The number of esters is 1. The van der Waals surface area contributed by atoms with Crippen molar-refractivity contribution in [3.63, 3.8) is 0 Å². The molecule has 0 unspecified atom stereocenters. The monoisotopic (exact) mass is 313 g/mol. The van der Waals surface area contributed by atoms with E-state index in [2.05, 4.69) is 35.3 Å². The van der Waals surface area contributed by atoms with Crippen LogP contribution in [-0.4, -0.2) is 18.1 Å². The molecule has 0 radical (unpaired) electrons. The first-order valence-electron chi connectivity index (χ1n) is 7.73. The summed E-state index contributed by atoms with van der Waals surface area (Å²) in [6.45, 7) is 0. The molecule has 116 valence electrons. The minimum absolute atomic E-state index is 0.333. The Morgan fingerprint density at radius 2 is 1.71 bits per heavy atom. The van der Waals surface area contributed by atoms with Crippen molar-refractivity contribution in [3.05, 3.63) is 78.5 Å². The highest BCUT2D eigenvalue weighted by Crippen LogP contribution is 2.33. The summed E-state index contributed by atoms with van der Waals surface area (Å²) in [5.41, 5.74) is 3.54. The van der Waals surface area contributed by atoms with Crippen LogP contribution >= 0.6 is 0 Å². The third-order valence-corrected chi connectivity index (χ3v) is 4.21. The van der Waals surface area contributed by atoms with Gasteiger partial charge in [0.25, 0.3) is 0 Å². The average molecular weight is 313 g/mol. The summed E-state index contributed by atoms with van der Waals surface area (Å²) >= 11 is 0. The van der Waals surface area contributed by atoms with E-state index < -0.39 is 0 Å². The highest BCUT2D eigenvalue weighted by atomic mass is 16.5. The maximum Gasteiger partial charge on any atom is 0.337 e. The first-order chi connectivity index (χ1) is 11.8. The van der Waals surface area contributed by atoms with Crippen LogP contribution in [-0.2, 0) is 4.74 Å². The quantitative estimate of drug-likeness (QED) is 0.392. The van der Waals surface area contributed by atoms with Crippen LogP contribution in [0.25, 0.3) is 32.8 Å². The molecular formula is C21H15NO2. The van der Waals surface area contributed by atoms with E-state index in [1.165, 1.54) is 7.11 Å². The Labute approximate surface area is 139 Å². The van der Waals surface area contributed by atoms with Crippen molar-refractivity contribution in [3.8, 4) is 11.1 Å². The van der Waals surface area contributed by atoms with E-state index in [9.17, 15) is 4.79 Å². The Balaban J connectivity index is 2.04. The van der Waals surface area contributed by atoms with Crippen LogP contribution < -0.4 is 0 Å². The van der Waals surface area contributed by atoms with Crippen LogP contribution in [0.4, 0.5) is 0 Å². The molecule has 0 aliphatic carbocycles. The normalized spacial score (nSPS) is 10.9. The van der Waals surface area contributed by atoms with Crippen molar-refractivity contribution < 1.29 is 9.53 Å². The lowest BCUT2D eigenvalue weighted by Crippen LogP contribution is -2.00. The third-order valence-electron chi connectivity index (χ3n) is 4.21. The zero-order valence-corrected chi connectivity index (χ0v) is 13.2. The van der Waals surface area contributed by atoms with Gasteiger partial charge < -0.3 is 4.74 Å². The molecule has 4 aromatic rings. The molecular weight excluding hydrogens is 298 g/mol. The van der Waals surface area contributed by atoms with Crippen LogP contribution in [0.3, 0.4) is 0 Å². The largest absolute Gasteiger partial charge is 0.465 e. The zero-order valence-electron chi connectivity index (χ0n) is 13.2. The van der Waals surface area contributed by atoms with E-state index in [0.717, 1.165) is 32.8 Å². The van der Waals surface area contributed by atoms with E-state index in [1.807, 2.05) is 36.5 Å². The summed E-state index contributed by atoms with van der Waals surface area (Å²) in [4.78, 5) is 16.4. The highest BCUT2D eigenvalue weighted by Gasteiger charge is 2.11. The van der Waals surface area contributed by atoms with Gasteiger partial charge in [0.2, 0.25) is 0 Å². The number of carbonyl (C=O) groups is 1. The van der Waals surface area contributed by atoms with Crippen molar-refractivity contribution >= 4 is 27.6 Å². The molecule has 0 aliphatic rings. The molecule has 3 heteroatoms. The lowest BCUT2D eigenvalue weighted by atomic mass is 9.95.